The molecule has 3 heterocycles. The molecule has 8 nitrogen and oxygen atoms in total. The van der Waals surface area contributed by atoms with Crippen LogP contribution in [0.2, 0.25) is 0 Å². The first-order valence-corrected chi connectivity index (χ1v) is 9.60. The minimum Gasteiger partial charge on any atom is -0.384 e. The van der Waals surface area contributed by atoms with Crippen molar-refractivity contribution in [3.05, 3.63) is 81.8 Å². The molecule has 2 unspecified atom stereocenters. The van der Waals surface area contributed by atoms with Crippen LogP contribution in [-0.2, 0) is 6.54 Å². The lowest BCUT2D eigenvalue weighted by molar-refractivity contribution is 0.589. The number of aromatic nitrogens is 5. The van der Waals surface area contributed by atoms with Crippen molar-refractivity contribution in [2.75, 3.05) is 18.9 Å². The Morgan fingerprint density at radius 3 is 2.76 bits per heavy atom. The monoisotopic (exact) mass is 387 g/mol. The first-order chi connectivity index (χ1) is 14.3. The third-order valence-electron chi connectivity index (χ3n) is 5.57. The van der Waals surface area contributed by atoms with Crippen LogP contribution in [0.5, 0.6) is 0 Å². The summed E-state index contributed by atoms with van der Waals surface area (Å²) in [7, 11) is 1.94. The highest BCUT2D eigenvalue weighted by molar-refractivity contribution is 5.96. The van der Waals surface area contributed by atoms with Gasteiger partial charge in [-0.15, -0.1) is 0 Å². The molecule has 0 saturated heterocycles. The molecule has 8 heteroatoms. The van der Waals surface area contributed by atoms with E-state index in [1.807, 2.05) is 25.2 Å². The average Bonchev–Trinajstić information content (AvgIpc) is 3.22. The van der Waals surface area contributed by atoms with Crippen LogP contribution >= 0.6 is 0 Å². The fourth-order valence-corrected chi connectivity index (χ4v) is 4.23. The van der Waals surface area contributed by atoms with Crippen LogP contribution < -0.4 is 16.2 Å². The van der Waals surface area contributed by atoms with E-state index in [2.05, 4.69) is 60.3 Å². The standard InChI is InChI=1S/C21H21N7O/c1-22-9-12-5-7-13(8-6-12)15-10-23-16-4-2-3-14-17(16)19(26-28-21(14)29)18(15)20-24-11-25-27-20/h2-8,11,15,18,22-23H,9-10H2,1H3,(H,28,29)(H,24,25,27). The first kappa shape index (κ1) is 17.6. The van der Waals surface area contributed by atoms with Gasteiger partial charge in [0.25, 0.3) is 5.56 Å². The summed E-state index contributed by atoms with van der Waals surface area (Å²) in [4.78, 5) is 16.8. The molecule has 4 N–H and O–H groups in total. The maximum Gasteiger partial charge on any atom is 0.272 e. The second-order valence-electron chi connectivity index (χ2n) is 7.27. The summed E-state index contributed by atoms with van der Waals surface area (Å²) in [5.74, 6) is 0.609. The second kappa shape index (κ2) is 7.14. The lowest BCUT2D eigenvalue weighted by atomic mass is 9.82. The van der Waals surface area contributed by atoms with Gasteiger partial charge >= 0.3 is 0 Å². The lowest BCUT2D eigenvalue weighted by Gasteiger charge is -2.24. The highest BCUT2D eigenvalue weighted by atomic mass is 16.1. The maximum absolute atomic E-state index is 12.4. The van der Waals surface area contributed by atoms with Crippen molar-refractivity contribution in [3.63, 3.8) is 0 Å². The van der Waals surface area contributed by atoms with Crippen molar-refractivity contribution in [3.8, 4) is 0 Å². The molecule has 0 saturated carbocycles. The molecule has 1 aliphatic rings. The van der Waals surface area contributed by atoms with E-state index in [1.54, 1.807) is 0 Å². The van der Waals surface area contributed by atoms with Crippen LogP contribution in [0.15, 0.2) is 53.6 Å². The number of hydrogen-bond acceptors (Lipinski definition) is 6. The van der Waals surface area contributed by atoms with Crippen LogP contribution in [0.25, 0.3) is 10.8 Å². The number of nitrogens with zero attached hydrogens (tertiary/aromatic N) is 3. The molecule has 146 valence electrons. The number of hydrogen-bond donors (Lipinski definition) is 4. The molecule has 1 aliphatic heterocycles. The highest BCUT2D eigenvalue weighted by Gasteiger charge is 2.34. The molecule has 5 rings (SSSR count). The number of anilines is 1. The molecule has 0 radical (unpaired) electrons. The fraction of sp³-hybridized carbons (Fsp3) is 0.238. The van der Waals surface area contributed by atoms with E-state index in [-0.39, 0.29) is 17.4 Å². The molecule has 0 fully saturated rings. The summed E-state index contributed by atoms with van der Waals surface area (Å²) in [6.45, 7) is 1.50. The Labute approximate surface area is 166 Å². The molecule has 2 aromatic carbocycles. The number of aromatic amines is 2. The van der Waals surface area contributed by atoms with Crippen LogP contribution in [0.3, 0.4) is 0 Å². The predicted molar refractivity (Wildman–Crippen MR) is 111 cm³/mol. The van der Waals surface area contributed by atoms with Crippen LogP contribution in [0.4, 0.5) is 5.69 Å². The Morgan fingerprint density at radius 2 is 2.00 bits per heavy atom. The molecular weight excluding hydrogens is 366 g/mol. The van der Waals surface area contributed by atoms with Crippen LogP contribution in [-0.4, -0.2) is 39.0 Å². The Morgan fingerprint density at radius 1 is 1.14 bits per heavy atom. The third-order valence-corrected chi connectivity index (χ3v) is 5.57. The average molecular weight is 387 g/mol. The largest absolute Gasteiger partial charge is 0.384 e. The summed E-state index contributed by atoms with van der Waals surface area (Å²) in [5.41, 5.74) is 3.91. The first-order valence-electron chi connectivity index (χ1n) is 9.60. The predicted octanol–water partition coefficient (Wildman–Crippen LogP) is 2.10. The SMILES string of the molecule is CNCc1ccc(C2CNc3cccc4c(=O)[nH]nc(c34)C2c2ncn[nH]2)cc1. The van der Waals surface area contributed by atoms with E-state index >= 15 is 0 Å². The summed E-state index contributed by atoms with van der Waals surface area (Å²) in [6, 6.07) is 14.3. The summed E-state index contributed by atoms with van der Waals surface area (Å²) < 4.78 is 0. The summed E-state index contributed by atoms with van der Waals surface area (Å²) in [6.07, 6.45) is 1.51. The van der Waals surface area contributed by atoms with E-state index in [9.17, 15) is 4.79 Å². The molecule has 0 aliphatic carbocycles. The van der Waals surface area contributed by atoms with Crippen LogP contribution in [0.1, 0.15) is 34.5 Å². The van der Waals surface area contributed by atoms with Gasteiger partial charge in [-0.1, -0.05) is 30.3 Å². The van der Waals surface area contributed by atoms with Crippen molar-refractivity contribution in [1.82, 2.24) is 30.7 Å². The number of rotatable bonds is 4. The summed E-state index contributed by atoms with van der Waals surface area (Å²) >= 11 is 0. The highest BCUT2D eigenvalue weighted by Crippen LogP contribution is 2.42. The molecule has 0 amide bonds. The zero-order chi connectivity index (χ0) is 19.8. The van der Waals surface area contributed by atoms with E-state index < -0.39 is 0 Å². The van der Waals surface area contributed by atoms with Crippen molar-refractivity contribution in [1.29, 1.82) is 0 Å². The molecule has 29 heavy (non-hydrogen) atoms. The molecule has 2 atom stereocenters. The minimum atomic E-state index is -0.196. The zero-order valence-corrected chi connectivity index (χ0v) is 15.9. The van der Waals surface area contributed by atoms with Gasteiger partial charge in [0.05, 0.1) is 17.0 Å². The quantitative estimate of drug-likeness (QED) is 0.427. The number of H-pyrrole nitrogens is 2. The van der Waals surface area contributed by atoms with Crippen LogP contribution in [0, 0.1) is 0 Å². The topological polar surface area (TPSA) is 111 Å². The second-order valence-corrected chi connectivity index (χ2v) is 7.27. The Kier molecular flexibility index (Phi) is 4.33. The lowest BCUT2D eigenvalue weighted by Crippen LogP contribution is -2.22. The smallest absolute Gasteiger partial charge is 0.272 e. The normalized spacial score (nSPS) is 18.4. The van der Waals surface area contributed by atoms with E-state index in [1.165, 1.54) is 17.5 Å². The number of nitrogens with one attached hydrogen (secondary N) is 4. The van der Waals surface area contributed by atoms with E-state index in [0.29, 0.717) is 11.9 Å². The van der Waals surface area contributed by atoms with Crippen molar-refractivity contribution >= 4 is 16.5 Å². The van der Waals surface area contributed by atoms with Crippen molar-refractivity contribution < 1.29 is 0 Å². The minimum absolute atomic E-state index is 0.0561. The fourth-order valence-electron chi connectivity index (χ4n) is 4.23. The van der Waals surface area contributed by atoms with Crippen molar-refractivity contribution in [2.24, 2.45) is 0 Å². The van der Waals surface area contributed by atoms with Gasteiger partial charge in [0.2, 0.25) is 0 Å². The van der Waals surface area contributed by atoms with Gasteiger partial charge in [-0.05, 0) is 30.3 Å². The van der Waals surface area contributed by atoms with E-state index in [0.717, 1.165) is 29.1 Å². The third kappa shape index (κ3) is 2.98. The molecule has 0 bridgehead atoms. The number of benzene rings is 2. The Hall–Kier alpha value is -3.52. The Bertz CT molecular complexity index is 1200. The zero-order valence-electron chi connectivity index (χ0n) is 15.9. The molecule has 2 aromatic heterocycles. The molecule has 4 aromatic rings. The van der Waals surface area contributed by atoms with Crippen molar-refractivity contribution in [2.45, 2.75) is 18.4 Å². The maximum atomic E-state index is 12.4. The van der Waals surface area contributed by atoms with Gasteiger partial charge in [0, 0.05) is 30.1 Å². The van der Waals surface area contributed by atoms with Gasteiger partial charge in [-0.2, -0.15) is 10.2 Å². The van der Waals surface area contributed by atoms with Gasteiger partial charge in [-0.3, -0.25) is 9.89 Å². The van der Waals surface area contributed by atoms with Gasteiger partial charge in [0.15, 0.2) is 0 Å². The van der Waals surface area contributed by atoms with Gasteiger partial charge in [0.1, 0.15) is 12.2 Å². The Balaban J connectivity index is 1.71. The van der Waals surface area contributed by atoms with Gasteiger partial charge in [-0.25, -0.2) is 10.1 Å². The van der Waals surface area contributed by atoms with E-state index in [4.69, 9.17) is 0 Å². The summed E-state index contributed by atoms with van der Waals surface area (Å²) in [5, 5.41) is 22.4. The molecular formula is C21H21N7O. The molecule has 0 spiro atoms. The van der Waals surface area contributed by atoms with Gasteiger partial charge < -0.3 is 10.6 Å².